The van der Waals surface area contributed by atoms with Gasteiger partial charge in [-0.25, -0.2) is 0 Å². The average molecular weight is 343 g/mol. The lowest BCUT2D eigenvalue weighted by molar-refractivity contribution is -0.894. The topological polar surface area (TPSA) is 52.0 Å². The molecule has 0 heterocycles. The van der Waals surface area contributed by atoms with Gasteiger partial charge < -0.3 is 19.7 Å². The average Bonchev–Trinajstić information content (AvgIpc) is 2.65. The number of quaternary nitrogens is 1. The molecule has 5 heteroatoms. The highest BCUT2D eigenvalue weighted by atomic mass is 16.5. The molecule has 0 saturated carbocycles. The summed E-state index contributed by atoms with van der Waals surface area (Å²) in [6.45, 7) is 2.64. The predicted molar refractivity (Wildman–Crippen MR) is 98.4 cm³/mol. The van der Waals surface area contributed by atoms with Crippen LogP contribution in [0, 0.1) is 0 Å². The van der Waals surface area contributed by atoms with E-state index in [2.05, 4.69) is 12.4 Å². The van der Waals surface area contributed by atoms with Gasteiger partial charge in [-0.05, 0) is 36.4 Å². The summed E-state index contributed by atoms with van der Waals surface area (Å²) in [6, 6.07) is 15.4. The van der Waals surface area contributed by atoms with Crippen molar-refractivity contribution >= 4 is 5.91 Å². The second-order valence-corrected chi connectivity index (χ2v) is 6.04. The Kier molecular flexibility index (Phi) is 7.29. The fourth-order valence-electron chi connectivity index (χ4n) is 2.59. The summed E-state index contributed by atoms with van der Waals surface area (Å²) in [6.07, 6.45) is 0.980. The molecule has 25 heavy (non-hydrogen) atoms. The van der Waals surface area contributed by atoms with Gasteiger partial charge >= 0.3 is 0 Å². The molecule has 0 aliphatic rings. The van der Waals surface area contributed by atoms with Crippen LogP contribution in [0.5, 0.6) is 11.5 Å². The smallest absolute Gasteiger partial charge is 0.251 e. The molecule has 0 spiro atoms. The van der Waals surface area contributed by atoms with Gasteiger partial charge in [-0.2, -0.15) is 0 Å². The highest BCUT2D eigenvalue weighted by Crippen LogP contribution is 2.16. The third kappa shape index (κ3) is 6.12. The number of benzene rings is 2. The number of methoxy groups -OCH3 is 1. The number of carbonyl (C=O) groups is 1. The Morgan fingerprint density at radius 1 is 1.04 bits per heavy atom. The van der Waals surface area contributed by atoms with Crippen molar-refractivity contribution in [1.29, 1.82) is 0 Å². The van der Waals surface area contributed by atoms with E-state index < -0.39 is 0 Å². The van der Waals surface area contributed by atoms with E-state index in [-0.39, 0.29) is 5.91 Å². The summed E-state index contributed by atoms with van der Waals surface area (Å²) in [7, 11) is 5.46. The normalized spacial score (nSPS) is 11.6. The first-order chi connectivity index (χ1) is 12.1. The standard InChI is InChI=1S/C20H26N2O3/c1-21-20(23)17-7-5-16(6-8-17)15-22(2)13-4-14-25-19-11-9-18(24-3)10-12-19/h5-12H,4,13-15H2,1-3H3,(H,21,23)/p+1. The molecule has 0 bridgehead atoms. The maximum atomic E-state index is 11.5. The van der Waals surface area contributed by atoms with Crippen LogP contribution in [0.1, 0.15) is 22.3 Å². The Morgan fingerprint density at radius 2 is 1.68 bits per heavy atom. The van der Waals surface area contributed by atoms with E-state index in [4.69, 9.17) is 9.47 Å². The highest BCUT2D eigenvalue weighted by Gasteiger charge is 2.06. The molecule has 5 nitrogen and oxygen atoms in total. The van der Waals surface area contributed by atoms with E-state index in [0.717, 1.165) is 31.0 Å². The lowest BCUT2D eigenvalue weighted by Gasteiger charge is -2.14. The number of hydrogen-bond donors (Lipinski definition) is 2. The Bertz CT molecular complexity index is 654. The quantitative estimate of drug-likeness (QED) is 0.679. The summed E-state index contributed by atoms with van der Waals surface area (Å²) in [5.74, 6) is 1.64. The summed E-state index contributed by atoms with van der Waals surface area (Å²) in [4.78, 5) is 12.9. The highest BCUT2D eigenvalue weighted by molar-refractivity contribution is 5.93. The van der Waals surface area contributed by atoms with Crippen LogP contribution in [-0.4, -0.2) is 40.3 Å². The van der Waals surface area contributed by atoms with Crippen molar-refractivity contribution in [2.75, 3.05) is 34.4 Å². The van der Waals surface area contributed by atoms with Gasteiger partial charge in [-0.3, -0.25) is 4.79 Å². The first-order valence-corrected chi connectivity index (χ1v) is 8.51. The van der Waals surface area contributed by atoms with Crippen molar-refractivity contribution in [3.05, 3.63) is 59.7 Å². The minimum Gasteiger partial charge on any atom is -0.497 e. The summed E-state index contributed by atoms with van der Waals surface area (Å²) in [5.41, 5.74) is 1.91. The second kappa shape index (κ2) is 9.69. The Balaban J connectivity index is 1.69. The zero-order chi connectivity index (χ0) is 18.1. The number of rotatable bonds is 9. The first-order valence-electron chi connectivity index (χ1n) is 8.51. The van der Waals surface area contributed by atoms with Gasteiger partial charge in [0.1, 0.15) is 18.0 Å². The van der Waals surface area contributed by atoms with Gasteiger partial charge in [-0.15, -0.1) is 0 Å². The SMILES string of the molecule is CNC(=O)c1ccc(C[NH+](C)CCCOc2ccc(OC)cc2)cc1. The number of hydrogen-bond acceptors (Lipinski definition) is 3. The fraction of sp³-hybridized carbons (Fsp3) is 0.350. The monoisotopic (exact) mass is 343 g/mol. The summed E-state index contributed by atoms with van der Waals surface area (Å²) >= 11 is 0. The Hall–Kier alpha value is -2.53. The molecular weight excluding hydrogens is 316 g/mol. The first kappa shape index (κ1) is 18.8. The molecule has 0 radical (unpaired) electrons. The molecule has 0 saturated heterocycles. The van der Waals surface area contributed by atoms with Gasteiger partial charge in [-0.1, -0.05) is 12.1 Å². The minimum absolute atomic E-state index is 0.0528. The predicted octanol–water partition coefficient (Wildman–Crippen LogP) is 1.54. The zero-order valence-corrected chi connectivity index (χ0v) is 15.2. The molecule has 1 unspecified atom stereocenters. The van der Waals surface area contributed by atoms with E-state index in [1.54, 1.807) is 14.2 Å². The third-order valence-electron chi connectivity index (χ3n) is 4.03. The fourth-order valence-corrected chi connectivity index (χ4v) is 2.59. The number of ether oxygens (including phenoxy) is 2. The second-order valence-electron chi connectivity index (χ2n) is 6.04. The van der Waals surface area contributed by atoms with E-state index >= 15 is 0 Å². The van der Waals surface area contributed by atoms with Gasteiger partial charge in [0.2, 0.25) is 0 Å². The van der Waals surface area contributed by atoms with Crippen LogP contribution in [0.15, 0.2) is 48.5 Å². The van der Waals surface area contributed by atoms with Crippen LogP contribution >= 0.6 is 0 Å². The van der Waals surface area contributed by atoms with Crippen molar-refractivity contribution in [3.8, 4) is 11.5 Å². The molecule has 2 rings (SSSR count). The van der Waals surface area contributed by atoms with Gasteiger partial charge in [0.05, 0.1) is 27.3 Å². The van der Waals surface area contributed by atoms with Gasteiger partial charge in [0.25, 0.3) is 5.91 Å². The molecule has 1 atom stereocenters. The zero-order valence-electron chi connectivity index (χ0n) is 15.2. The third-order valence-corrected chi connectivity index (χ3v) is 4.03. The maximum Gasteiger partial charge on any atom is 0.251 e. The number of amides is 1. The lowest BCUT2D eigenvalue weighted by atomic mass is 10.1. The van der Waals surface area contributed by atoms with Crippen molar-refractivity contribution in [2.24, 2.45) is 0 Å². The van der Waals surface area contributed by atoms with Crippen LogP contribution < -0.4 is 19.7 Å². The molecule has 1 amide bonds. The minimum atomic E-state index is -0.0528. The van der Waals surface area contributed by atoms with Crippen LogP contribution in [0.3, 0.4) is 0 Å². The van der Waals surface area contributed by atoms with Crippen LogP contribution in [0.25, 0.3) is 0 Å². The van der Waals surface area contributed by atoms with E-state index in [0.29, 0.717) is 12.2 Å². The van der Waals surface area contributed by atoms with Gasteiger partial charge in [0, 0.05) is 24.6 Å². The molecular formula is C20H27N2O3+. The van der Waals surface area contributed by atoms with Gasteiger partial charge in [0.15, 0.2) is 0 Å². The molecule has 0 fully saturated rings. The molecule has 0 aromatic heterocycles. The number of nitrogens with one attached hydrogen (secondary N) is 2. The Morgan fingerprint density at radius 3 is 2.28 bits per heavy atom. The van der Waals surface area contributed by atoms with E-state index in [1.165, 1.54) is 10.5 Å². The van der Waals surface area contributed by atoms with E-state index in [1.807, 2.05) is 48.5 Å². The van der Waals surface area contributed by atoms with Crippen LogP contribution in [0.4, 0.5) is 0 Å². The lowest BCUT2D eigenvalue weighted by Crippen LogP contribution is -3.07. The summed E-state index contributed by atoms with van der Waals surface area (Å²) in [5, 5.41) is 2.63. The largest absolute Gasteiger partial charge is 0.497 e. The van der Waals surface area contributed by atoms with Crippen molar-refractivity contribution in [3.63, 3.8) is 0 Å². The molecule has 2 aromatic rings. The molecule has 2 N–H and O–H groups in total. The van der Waals surface area contributed by atoms with E-state index in [9.17, 15) is 4.79 Å². The van der Waals surface area contributed by atoms with Crippen molar-refractivity contribution in [2.45, 2.75) is 13.0 Å². The van der Waals surface area contributed by atoms with Crippen molar-refractivity contribution < 1.29 is 19.2 Å². The van der Waals surface area contributed by atoms with Crippen molar-refractivity contribution in [1.82, 2.24) is 5.32 Å². The van der Waals surface area contributed by atoms with Crippen LogP contribution in [0.2, 0.25) is 0 Å². The molecule has 2 aromatic carbocycles. The maximum absolute atomic E-state index is 11.5. The molecule has 0 aliphatic heterocycles. The molecule has 0 aliphatic carbocycles. The van der Waals surface area contributed by atoms with Crippen LogP contribution in [-0.2, 0) is 6.54 Å². The molecule has 134 valence electrons. The Labute approximate surface area is 149 Å². The number of carbonyl (C=O) groups excluding carboxylic acids is 1. The summed E-state index contributed by atoms with van der Waals surface area (Å²) < 4.78 is 10.9.